The number of nitrogen functional groups attached to an aromatic ring is 1. The molecule has 0 aromatic carbocycles. The summed E-state index contributed by atoms with van der Waals surface area (Å²) in [5.41, 5.74) is 10.7. The molecule has 0 saturated heterocycles. The smallest absolute Gasteiger partial charge is 0.217 e. The SMILES string of the molecule is CCC(c1nc(N)c2nc[nH]c2n1)c1cc(-c2cnc3[nH]nc(N4C=CN=CC4)c3c2)cnc1OC. The van der Waals surface area contributed by atoms with Crippen LogP contribution in [-0.2, 0) is 0 Å². The fourth-order valence-corrected chi connectivity index (χ4v) is 4.42. The zero-order chi connectivity index (χ0) is 24.6. The lowest BCUT2D eigenvalue weighted by Crippen LogP contribution is -2.20. The number of methoxy groups -OCH3 is 1. The number of aromatic nitrogens is 8. The van der Waals surface area contributed by atoms with Gasteiger partial charge in [0.15, 0.2) is 22.9 Å². The summed E-state index contributed by atoms with van der Waals surface area (Å²) in [5.74, 6) is 2.01. The topological polar surface area (TPSA) is 160 Å². The lowest BCUT2D eigenvalue weighted by Gasteiger charge is -2.18. The number of fused-ring (bicyclic) bond motifs is 2. The number of anilines is 2. The molecule has 12 heteroatoms. The van der Waals surface area contributed by atoms with Gasteiger partial charge in [-0.3, -0.25) is 10.1 Å². The Balaban J connectivity index is 1.44. The van der Waals surface area contributed by atoms with Gasteiger partial charge in [-0.05, 0) is 18.6 Å². The second-order valence-electron chi connectivity index (χ2n) is 8.30. The molecule has 6 heterocycles. The van der Waals surface area contributed by atoms with E-state index < -0.39 is 0 Å². The van der Waals surface area contributed by atoms with Crippen LogP contribution in [-0.4, -0.2) is 60.0 Å². The van der Waals surface area contributed by atoms with Gasteiger partial charge < -0.3 is 20.4 Å². The van der Waals surface area contributed by atoms with Crippen molar-refractivity contribution in [2.75, 3.05) is 24.3 Å². The summed E-state index contributed by atoms with van der Waals surface area (Å²) in [6.07, 6.45) is 11.3. The van der Waals surface area contributed by atoms with Crippen molar-refractivity contribution in [2.24, 2.45) is 4.99 Å². The fraction of sp³-hybridized carbons (Fsp3) is 0.208. The van der Waals surface area contributed by atoms with Gasteiger partial charge in [0.05, 0.1) is 25.4 Å². The minimum absolute atomic E-state index is 0.193. The Bertz CT molecular complexity index is 1630. The molecule has 0 radical (unpaired) electrons. The predicted octanol–water partition coefficient (Wildman–Crippen LogP) is 3.18. The van der Waals surface area contributed by atoms with E-state index in [0.29, 0.717) is 47.3 Å². The van der Waals surface area contributed by atoms with E-state index in [9.17, 15) is 0 Å². The highest BCUT2D eigenvalue weighted by Gasteiger charge is 2.24. The Kier molecular flexibility index (Phi) is 5.25. The van der Waals surface area contributed by atoms with Gasteiger partial charge in [-0.15, -0.1) is 0 Å². The van der Waals surface area contributed by atoms with Gasteiger partial charge in [-0.2, -0.15) is 5.10 Å². The normalized spacial score (nSPS) is 14.1. The molecule has 5 aromatic heterocycles. The summed E-state index contributed by atoms with van der Waals surface area (Å²) in [4.78, 5) is 31.8. The lowest BCUT2D eigenvalue weighted by molar-refractivity contribution is 0.389. The molecule has 0 amide bonds. The summed E-state index contributed by atoms with van der Waals surface area (Å²) in [7, 11) is 1.60. The molecule has 1 aliphatic rings. The maximum atomic E-state index is 6.17. The van der Waals surface area contributed by atoms with Crippen molar-refractivity contribution in [3.05, 3.63) is 54.6 Å². The number of rotatable bonds is 6. The van der Waals surface area contributed by atoms with Crippen LogP contribution in [0.25, 0.3) is 33.3 Å². The minimum Gasteiger partial charge on any atom is -0.481 e. The van der Waals surface area contributed by atoms with Crippen LogP contribution in [0.1, 0.15) is 30.7 Å². The minimum atomic E-state index is -0.193. The summed E-state index contributed by atoms with van der Waals surface area (Å²) < 4.78 is 5.62. The highest BCUT2D eigenvalue weighted by molar-refractivity contribution is 5.92. The molecule has 1 unspecified atom stereocenters. The summed E-state index contributed by atoms with van der Waals surface area (Å²) >= 11 is 0. The zero-order valence-electron chi connectivity index (χ0n) is 19.7. The van der Waals surface area contributed by atoms with Gasteiger partial charge in [0.2, 0.25) is 5.88 Å². The first-order chi connectivity index (χ1) is 17.7. The molecular formula is C24H23N11O. The average molecular weight is 482 g/mol. The second kappa shape index (κ2) is 8.73. The average Bonchev–Trinajstić information content (AvgIpc) is 3.57. The van der Waals surface area contributed by atoms with Crippen LogP contribution in [0.5, 0.6) is 5.88 Å². The molecule has 4 N–H and O–H groups in total. The molecule has 36 heavy (non-hydrogen) atoms. The van der Waals surface area contributed by atoms with Crippen LogP contribution in [0.3, 0.4) is 0 Å². The number of imidazole rings is 1. The Morgan fingerprint density at radius 1 is 1.11 bits per heavy atom. The molecular weight excluding hydrogens is 458 g/mol. The zero-order valence-corrected chi connectivity index (χ0v) is 19.7. The Hall–Kier alpha value is -4.87. The molecule has 180 valence electrons. The van der Waals surface area contributed by atoms with Crippen molar-refractivity contribution >= 4 is 40.0 Å². The number of pyridine rings is 2. The second-order valence-corrected chi connectivity index (χ2v) is 8.30. The van der Waals surface area contributed by atoms with Gasteiger partial charge in [0.1, 0.15) is 11.3 Å². The largest absolute Gasteiger partial charge is 0.481 e. The Morgan fingerprint density at radius 2 is 1.97 bits per heavy atom. The van der Waals surface area contributed by atoms with E-state index in [-0.39, 0.29) is 5.92 Å². The van der Waals surface area contributed by atoms with Crippen LogP contribution < -0.4 is 15.4 Å². The number of ether oxygens (including phenoxy) is 1. The van der Waals surface area contributed by atoms with E-state index in [0.717, 1.165) is 27.9 Å². The highest BCUT2D eigenvalue weighted by Crippen LogP contribution is 2.36. The summed E-state index contributed by atoms with van der Waals surface area (Å²) in [6, 6.07) is 4.10. The molecule has 1 atom stereocenters. The molecule has 0 spiro atoms. The first-order valence-corrected chi connectivity index (χ1v) is 11.5. The third-order valence-electron chi connectivity index (χ3n) is 6.21. The van der Waals surface area contributed by atoms with Gasteiger partial charge in [-0.1, -0.05) is 6.92 Å². The molecule has 0 fully saturated rings. The van der Waals surface area contributed by atoms with Crippen molar-refractivity contribution in [1.82, 2.24) is 40.1 Å². The van der Waals surface area contributed by atoms with Crippen LogP contribution >= 0.6 is 0 Å². The van der Waals surface area contributed by atoms with Crippen LogP contribution in [0.4, 0.5) is 11.6 Å². The number of nitrogens with zero attached hydrogens (tertiary/aromatic N) is 8. The number of nitrogens with one attached hydrogen (secondary N) is 2. The summed E-state index contributed by atoms with van der Waals surface area (Å²) in [5, 5.41) is 8.37. The van der Waals surface area contributed by atoms with Gasteiger partial charge in [0.25, 0.3) is 0 Å². The number of hydrogen-bond acceptors (Lipinski definition) is 10. The monoisotopic (exact) mass is 481 g/mol. The molecule has 0 bridgehead atoms. The number of H-pyrrole nitrogens is 2. The molecule has 0 aliphatic carbocycles. The number of aliphatic imine (C=N–C) groups is 1. The molecule has 0 saturated carbocycles. The van der Waals surface area contributed by atoms with Crippen molar-refractivity contribution in [3.8, 4) is 17.0 Å². The number of aromatic amines is 2. The number of nitrogens with two attached hydrogens (primary N) is 1. The van der Waals surface area contributed by atoms with E-state index in [1.807, 2.05) is 23.4 Å². The predicted molar refractivity (Wildman–Crippen MR) is 137 cm³/mol. The highest BCUT2D eigenvalue weighted by atomic mass is 16.5. The van der Waals surface area contributed by atoms with E-state index >= 15 is 0 Å². The Labute approximate surface area is 205 Å². The van der Waals surface area contributed by atoms with Gasteiger partial charge >= 0.3 is 0 Å². The maximum absolute atomic E-state index is 6.17. The van der Waals surface area contributed by atoms with Crippen molar-refractivity contribution < 1.29 is 4.74 Å². The van der Waals surface area contributed by atoms with Gasteiger partial charge in [0, 0.05) is 53.6 Å². The number of hydrogen-bond donors (Lipinski definition) is 3. The quantitative estimate of drug-likeness (QED) is 0.331. The molecule has 12 nitrogen and oxygen atoms in total. The molecule has 5 aromatic rings. The van der Waals surface area contributed by atoms with Crippen LogP contribution in [0.2, 0.25) is 0 Å². The first kappa shape index (κ1) is 21.6. The lowest BCUT2D eigenvalue weighted by atomic mass is 9.94. The fourth-order valence-electron chi connectivity index (χ4n) is 4.42. The van der Waals surface area contributed by atoms with E-state index in [4.69, 9.17) is 10.5 Å². The van der Waals surface area contributed by atoms with Crippen molar-refractivity contribution in [3.63, 3.8) is 0 Å². The summed E-state index contributed by atoms with van der Waals surface area (Å²) in [6.45, 7) is 2.70. The molecule has 6 rings (SSSR count). The standard InChI is InChI=1S/C24H23N11O/c1-3-15(21-31-19(25)18-22(32-21)30-12-29-18)16-8-13(11-28-24(16)36-2)14-9-17-20(27-10-14)33-34-23(17)35-6-4-26-5-7-35/h4-6,8-12,15H,3,7H2,1-2H3,(H,27,33,34)(H3,25,29,30,31,32). The van der Waals surface area contributed by atoms with Crippen molar-refractivity contribution in [1.29, 1.82) is 0 Å². The van der Waals surface area contributed by atoms with E-state index in [2.05, 4.69) is 58.1 Å². The van der Waals surface area contributed by atoms with Crippen LogP contribution in [0, 0.1) is 0 Å². The van der Waals surface area contributed by atoms with Crippen LogP contribution in [0.15, 0.2) is 48.2 Å². The third kappa shape index (κ3) is 3.59. The Morgan fingerprint density at radius 3 is 2.78 bits per heavy atom. The van der Waals surface area contributed by atoms with Crippen molar-refractivity contribution in [2.45, 2.75) is 19.3 Å². The van der Waals surface area contributed by atoms with E-state index in [1.165, 1.54) is 0 Å². The third-order valence-corrected chi connectivity index (χ3v) is 6.21. The first-order valence-electron chi connectivity index (χ1n) is 11.5. The maximum Gasteiger partial charge on any atom is 0.217 e. The van der Waals surface area contributed by atoms with E-state index in [1.54, 1.807) is 32.0 Å². The van der Waals surface area contributed by atoms with Gasteiger partial charge in [-0.25, -0.2) is 24.9 Å². The molecule has 1 aliphatic heterocycles.